The van der Waals surface area contributed by atoms with E-state index in [1.807, 2.05) is 39.0 Å². The molecule has 30 heavy (non-hydrogen) atoms. The number of thiazole rings is 1. The zero-order chi connectivity index (χ0) is 21.3. The van der Waals surface area contributed by atoms with E-state index in [1.165, 1.54) is 12.8 Å². The summed E-state index contributed by atoms with van der Waals surface area (Å²) in [5.41, 5.74) is 1.28. The van der Waals surface area contributed by atoms with Gasteiger partial charge in [-0.05, 0) is 64.7 Å². The van der Waals surface area contributed by atoms with Crippen molar-refractivity contribution >= 4 is 44.4 Å². The highest BCUT2D eigenvalue weighted by atomic mass is 32.1. The number of hydrogen-bond acceptors (Lipinski definition) is 6. The van der Waals surface area contributed by atoms with E-state index in [0.29, 0.717) is 25.9 Å². The Balaban J connectivity index is 1.34. The monoisotopic (exact) mass is 430 g/mol. The Morgan fingerprint density at radius 1 is 1.13 bits per heavy atom. The Bertz CT molecular complexity index is 922. The van der Waals surface area contributed by atoms with Crippen LogP contribution in [0.25, 0.3) is 10.2 Å². The lowest BCUT2D eigenvalue weighted by molar-refractivity contribution is -0.121. The fourth-order valence-corrected chi connectivity index (χ4v) is 4.99. The Kier molecular flexibility index (Phi) is 5.86. The molecule has 7 nitrogen and oxygen atoms in total. The van der Waals surface area contributed by atoms with Crippen LogP contribution in [0.5, 0.6) is 0 Å². The second-order valence-electron chi connectivity index (χ2n) is 9.10. The topological polar surface area (TPSA) is 74.8 Å². The van der Waals surface area contributed by atoms with Crippen LogP contribution in [-0.2, 0) is 9.53 Å². The SMILES string of the molecule is CC(C)(C)OC(=O)N1CCC(C(=O)Nc2ccc3nc(N4CCCC4)sc3c2)CC1. The standard InChI is InChI=1S/C22H30N4O3S/c1-22(2,3)29-21(28)26-12-8-15(9-13-26)19(27)23-16-6-7-17-18(14-16)30-20(24-17)25-10-4-5-11-25/h6-7,14-15H,4-5,8-13H2,1-3H3,(H,23,27). The van der Waals surface area contributed by atoms with Crippen LogP contribution in [0, 0.1) is 5.92 Å². The largest absolute Gasteiger partial charge is 0.444 e. The molecule has 0 aliphatic carbocycles. The molecule has 0 radical (unpaired) electrons. The summed E-state index contributed by atoms with van der Waals surface area (Å²) >= 11 is 1.68. The first-order valence-electron chi connectivity index (χ1n) is 10.7. The first-order valence-corrected chi connectivity index (χ1v) is 11.5. The van der Waals surface area contributed by atoms with Gasteiger partial charge in [-0.25, -0.2) is 9.78 Å². The van der Waals surface area contributed by atoms with Crippen LogP contribution in [0.15, 0.2) is 18.2 Å². The van der Waals surface area contributed by atoms with Crippen molar-refractivity contribution in [2.24, 2.45) is 5.92 Å². The highest BCUT2D eigenvalue weighted by Gasteiger charge is 2.30. The maximum atomic E-state index is 12.8. The lowest BCUT2D eigenvalue weighted by Gasteiger charge is -2.32. The van der Waals surface area contributed by atoms with Crippen molar-refractivity contribution in [3.63, 3.8) is 0 Å². The van der Waals surface area contributed by atoms with Crippen molar-refractivity contribution in [3.05, 3.63) is 18.2 Å². The Morgan fingerprint density at radius 3 is 2.50 bits per heavy atom. The van der Waals surface area contributed by atoms with Gasteiger partial charge in [-0.2, -0.15) is 0 Å². The second kappa shape index (κ2) is 8.41. The number of nitrogens with one attached hydrogen (secondary N) is 1. The van der Waals surface area contributed by atoms with Crippen LogP contribution in [0.1, 0.15) is 46.5 Å². The van der Waals surface area contributed by atoms with Gasteiger partial charge in [0.1, 0.15) is 5.60 Å². The molecule has 0 saturated carbocycles. The van der Waals surface area contributed by atoms with Crippen LogP contribution in [0.2, 0.25) is 0 Å². The fourth-order valence-electron chi connectivity index (χ4n) is 3.93. The van der Waals surface area contributed by atoms with Crippen LogP contribution in [-0.4, -0.2) is 53.7 Å². The van der Waals surface area contributed by atoms with Gasteiger partial charge in [0.2, 0.25) is 5.91 Å². The summed E-state index contributed by atoms with van der Waals surface area (Å²) in [6, 6.07) is 5.91. The van der Waals surface area contributed by atoms with Crippen molar-refractivity contribution in [2.75, 3.05) is 36.4 Å². The van der Waals surface area contributed by atoms with Crippen molar-refractivity contribution in [1.29, 1.82) is 0 Å². The van der Waals surface area contributed by atoms with Crippen molar-refractivity contribution < 1.29 is 14.3 Å². The maximum Gasteiger partial charge on any atom is 0.410 e. The van der Waals surface area contributed by atoms with E-state index in [2.05, 4.69) is 10.2 Å². The Morgan fingerprint density at radius 2 is 1.83 bits per heavy atom. The third-order valence-corrected chi connectivity index (χ3v) is 6.62. The molecule has 1 N–H and O–H groups in total. The number of nitrogens with zero attached hydrogens (tertiary/aromatic N) is 3. The van der Waals surface area contributed by atoms with Gasteiger partial charge in [-0.1, -0.05) is 11.3 Å². The molecule has 162 valence electrons. The van der Waals surface area contributed by atoms with Crippen LogP contribution < -0.4 is 10.2 Å². The average Bonchev–Trinajstić information content (AvgIpc) is 3.36. The van der Waals surface area contributed by atoms with E-state index in [0.717, 1.165) is 34.1 Å². The van der Waals surface area contributed by atoms with Crippen molar-refractivity contribution in [3.8, 4) is 0 Å². The number of likely N-dealkylation sites (tertiary alicyclic amines) is 1. The number of piperidine rings is 1. The summed E-state index contributed by atoms with van der Waals surface area (Å²) in [4.78, 5) is 33.7. The minimum Gasteiger partial charge on any atom is -0.444 e. The van der Waals surface area contributed by atoms with E-state index < -0.39 is 5.60 Å². The molecule has 2 saturated heterocycles. The van der Waals surface area contributed by atoms with Crippen LogP contribution in [0.4, 0.5) is 15.6 Å². The molecular weight excluding hydrogens is 400 g/mol. The van der Waals surface area contributed by atoms with Gasteiger partial charge >= 0.3 is 6.09 Å². The quantitative estimate of drug-likeness (QED) is 0.777. The first-order chi connectivity index (χ1) is 14.3. The van der Waals surface area contributed by atoms with Crippen molar-refractivity contribution in [2.45, 2.75) is 52.1 Å². The molecule has 2 aromatic rings. The van der Waals surface area contributed by atoms with Crippen LogP contribution in [0.3, 0.4) is 0 Å². The molecule has 2 aliphatic rings. The number of hydrogen-bond donors (Lipinski definition) is 1. The number of rotatable bonds is 3. The summed E-state index contributed by atoms with van der Waals surface area (Å²) in [7, 11) is 0. The number of carbonyl (C=O) groups excluding carboxylic acids is 2. The molecule has 0 unspecified atom stereocenters. The Hall–Kier alpha value is -2.35. The molecule has 3 heterocycles. The van der Waals surface area contributed by atoms with Gasteiger partial charge < -0.3 is 19.9 Å². The number of aromatic nitrogens is 1. The average molecular weight is 431 g/mol. The van der Waals surface area contributed by atoms with E-state index in [1.54, 1.807) is 16.2 Å². The number of amides is 2. The molecule has 1 aromatic carbocycles. The summed E-state index contributed by atoms with van der Waals surface area (Å²) in [6.07, 6.45) is 3.44. The van der Waals surface area contributed by atoms with Crippen molar-refractivity contribution in [1.82, 2.24) is 9.88 Å². The predicted molar refractivity (Wildman–Crippen MR) is 120 cm³/mol. The summed E-state index contributed by atoms with van der Waals surface area (Å²) in [6.45, 7) is 8.81. The first kappa shape index (κ1) is 20.9. The molecule has 8 heteroatoms. The molecule has 4 rings (SSSR count). The minimum absolute atomic E-state index is 0.0162. The van der Waals surface area contributed by atoms with Crippen LogP contribution >= 0.6 is 11.3 Å². The van der Waals surface area contributed by atoms with E-state index >= 15 is 0 Å². The van der Waals surface area contributed by atoms with Gasteiger partial charge in [-0.3, -0.25) is 4.79 Å². The number of anilines is 2. The van der Waals surface area contributed by atoms with Gasteiger partial charge in [0, 0.05) is 37.8 Å². The summed E-state index contributed by atoms with van der Waals surface area (Å²) < 4.78 is 6.52. The number of ether oxygens (including phenoxy) is 1. The number of fused-ring (bicyclic) bond motifs is 1. The fraction of sp³-hybridized carbons (Fsp3) is 0.591. The molecule has 0 atom stereocenters. The minimum atomic E-state index is -0.505. The summed E-state index contributed by atoms with van der Waals surface area (Å²) in [5.74, 6) is -0.0801. The second-order valence-corrected chi connectivity index (χ2v) is 10.1. The normalized spacial score (nSPS) is 18.1. The van der Waals surface area contributed by atoms with Gasteiger partial charge in [0.05, 0.1) is 10.2 Å². The lowest BCUT2D eigenvalue weighted by Crippen LogP contribution is -2.43. The third-order valence-electron chi connectivity index (χ3n) is 5.54. The van der Waals surface area contributed by atoms with Gasteiger partial charge in [0.15, 0.2) is 5.13 Å². The number of benzene rings is 1. The highest BCUT2D eigenvalue weighted by molar-refractivity contribution is 7.22. The zero-order valence-electron chi connectivity index (χ0n) is 17.9. The molecule has 2 fully saturated rings. The molecule has 1 aromatic heterocycles. The predicted octanol–water partition coefficient (Wildman–Crippen LogP) is 4.48. The molecular formula is C22H30N4O3S. The smallest absolute Gasteiger partial charge is 0.410 e. The van der Waals surface area contributed by atoms with E-state index in [4.69, 9.17) is 9.72 Å². The molecule has 2 amide bonds. The van der Waals surface area contributed by atoms with E-state index in [-0.39, 0.29) is 17.9 Å². The maximum absolute atomic E-state index is 12.8. The zero-order valence-corrected chi connectivity index (χ0v) is 18.8. The molecule has 0 spiro atoms. The highest BCUT2D eigenvalue weighted by Crippen LogP contribution is 2.32. The Labute approximate surface area is 181 Å². The van der Waals surface area contributed by atoms with Gasteiger partial charge in [-0.15, -0.1) is 0 Å². The molecule has 0 bridgehead atoms. The van der Waals surface area contributed by atoms with E-state index in [9.17, 15) is 9.59 Å². The molecule has 2 aliphatic heterocycles. The summed E-state index contributed by atoms with van der Waals surface area (Å²) in [5, 5.41) is 4.13. The number of carbonyl (C=O) groups is 2. The van der Waals surface area contributed by atoms with Gasteiger partial charge in [0.25, 0.3) is 0 Å². The lowest BCUT2D eigenvalue weighted by atomic mass is 9.96. The third kappa shape index (κ3) is 4.86.